The summed E-state index contributed by atoms with van der Waals surface area (Å²) in [6.45, 7) is 6.74. The zero-order chi connectivity index (χ0) is 20.5. The molecule has 0 fully saturated rings. The largest absolute Gasteiger partial charge is 0.352 e. The Morgan fingerprint density at radius 3 is 2.52 bits per heavy atom. The first-order chi connectivity index (χ1) is 13.4. The van der Waals surface area contributed by atoms with Crippen LogP contribution in [0, 0.1) is 13.8 Å². The minimum Gasteiger partial charge on any atom is -0.352 e. The summed E-state index contributed by atoms with van der Waals surface area (Å²) in [5.74, 6) is 0.661. The molecule has 1 heterocycles. The summed E-state index contributed by atoms with van der Waals surface area (Å²) in [5, 5.41) is 10.6. The molecule has 0 aliphatic carbocycles. The van der Waals surface area contributed by atoms with Gasteiger partial charge in [-0.05, 0) is 45.6 Å². The quantitative estimate of drug-likeness (QED) is 0.278. The molecule has 7 nitrogen and oxygen atoms in total. The second-order valence-electron chi connectivity index (χ2n) is 6.78. The van der Waals surface area contributed by atoms with Crippen molar-refractivity contribution in [1.29, 1.82) is 0 Å². The minimum atomic E-state index is -0.0535. The van der Waals surface area contributed by atoms with Crippen LogP contribution in [0.25, 0.3) is 0 Å². The molecule has 160 valence electrons. The maximum atomic E-state index is 12.3. The van der Waals surface area contributed by atoms with E-state index in [-0.39, 0.29) is 29.9 Å². The van der Waals surface area contributed by atoms with Crippen molar-refractivity contribution >= 4 is 47.2 Å². The number of aliphatic imine (C=N–C) groups is 1. The third-order valence-corrected chi connectivity index (χ3v) is 5.21. The summed E-state index contributed by atoms with van der Waals surface area (Å²) in [5.41, 5.74) is 2.74. The zero-order valence-electron chi connectivity index (χ0n) is 17.7. The Morgan fingerprint density at radius 1 is 1.17 bits per heavy atom. The van der Waals surface area contributed by atoms with Crippen LogP contribution in [-0.2, 0) is 13.1 Å². The van der Waals surface area contributed by atoms with Gasteiger partial charge in [0, 0.05) is 37.1 Å². The van der Waals surface area contributed by atoms with E-state index in [0.29, 0.717) is 31.2 Å². The third-order valence-electron chi connectivity index (χ3n) is 4.13. The van der Waals surface area contributed by atoms with Crippen LogP contribution in [0.3, 0.4) is 0 Å². The second kappa shape index (κ2) is 12.8. The number of hydrogen-bond donors (Lipinski definition) is 3. The third kappa shape index (κ3) is 8.67. The number of carbonyl (C=O) groups is 1. The van der Waals surface area contributed by atoms with Gasteiger partial charge in [-0.2, -0.15) is 0 Å². The van der Waals surface area contributed by atoms with Crippen molar-refractivity contribution in [2.24, 2.45) is 4.99 Å². The average molecular weight is 530 g/mol. The van der Waals surface area contributed by atoms with Crippen molar-refractivity contribution in [1.82, 2.24) is 25.8 Å². The molecule has 3 N–H and O–H groups in total. The van der Waals surface area contributed by atoms with Crippen LogP contribution in [0.2, 0.25) is 0 Å². The molecule has 1 amide bonds. The van der Waals surface area contributed by atoms with Crippen LogP contribution in [0.5, 0.6) is 0 Å². The number of aryl methyl sites for hydroxylation is 2. The molecule has 0 radical (unpaired) electrons. The van der Waals surface area contributed by atoms with E-state index in [4.69, 9.17) is 0 Å². The van der Waals surface area contributed by atoms with Crippen LogP contribution < -0.4 is 16.0 Å². The number of thiazole rings is 1. The average Bonchev–Trinajstić information content (AvgIpc) is 2.99. The van der Waals surface area contributed by atoms with Gasteiger partial charge in [-0.3, -0.25) is 9.79 Å². The molecule has 0 aliphatic heterocycles. The van der Waals surface area contributed by atoms with Gasteiger partial charge in [-0.25, -0.2) is 4.98 Å². The topological polar surface area (TPSA) is 81.7 Å². The fraction of sp³-hybridized carbons (Fsp3) is 0.450. The smallest absolute Gasteiger partial charge is 0.251 e. The van der Waals surface area contributed by atoms with E-state index in [1.165, 1.54) is 4.88 Å². The first-order valence-electron chi connectivity index (χ1n) is 9.28. The van der Waals surface area contributed by atoms with E-state index >= 15 is 0 Å². The summed E-state index contributed by atoms with van der Waals surface area (Å²) in [7, 11) is 5.71. The first-order valence-corrected chi connectivity index (χ1v) is 10.1. The highest BCUT2D eigenvalue weighted by Gasteiger charge is 2.08. The Balaban J connectivity index is 0.00000420. The molecule has 0 unspecified atom stereocenters. The van der Waals surface area contributed by atoms with Crippen molar-refractivity contribution in [3.8, 4) is 0 Å². The van der Waals surface area contributed by atoms with E-state index in [9.17, 15) is 4.79 Å². The summed E-state index contributed by atoms with van der Waals surface area (Å²) in [6, 6.07) is 7.63. The van der Waals surface area contributed by atoms with E-state index in [0.717, 1.165) is 22.8 Å². The standard InChI is InChI=1S/C20H30N6OS.HI/c1-14-18(28-15(2)25-14)13-24-20(21-3)23-12-16-7-6-8-17(11-16)19(27)22-9-10-26(4)5;/h6-8,11H,9-10,12-13H2,1-5H3,(H,22,27)(H2,21,23,24);1H. The van der Waals surface area contributed by atoms with Gasteiger partial charge in [-0.15, -0.1) is 35.3 Å². The number of amides is 1. The highest BCUT2D eigenvalue weighted by Crippen LogP contribution is 2.16. The lowest BCUT2D eigenvalue weighted by Gasteiger charge is -2.13. The fourth-order valence-electron chi connectivity index (χ4n) is 2.63. The van der Waals surface area contributed by atoms with Gasteiger partial charge < -0.3 is 20.9 Å². The number of nitrogens with zero attached hydrogens (tertiary/aromatic N) is 3. The number of carbonyl (C=O) groups excluding carboxylic acids is 1. The first kappa shape index (κ1) is 25.3. The lowest BCUT2D eigenvalue weighted by Crippen LogP contribution is -2.36. The van der Waals surface area contributed by atoms with Gasteiger partial charge in [0.05, 0.1) is 17.2 Å². The highest BCUT2D eigenvalue weighted by molar-refractivity contribution is 14.0. The predicted octanol–water partition coefficient (Wildman–Crippen LogP) is 2.53. The Labute approximate surface area is 194 Å². The summed E-state index contributed by atoms with van der Waals surface area (Å²) in [4.78, 5) is 24.2. The van der Waals surface area contributed by atoms with E-state index in [1.54, 1.807) is 18.4 Å². The van der Waals surface area contributed by atoms with E-state index in [2.05, 4.69) is 25.9 Å². The van der Waals surface area contributed by atoms with E-state index < -0.39 is 0 Å². The molecule has 0 spiro atoms. The summed E-state index contributed by atoms with van der Waals surface area (Å²) in [6.07, 6.45) is 0. The molecule has 1 aromatic carbocycles. The van der Waals surface area contributed by atoms with Gasteiger partial charge >= 0.3 is 0 Å². The van der Waals surface area contributed by atoms with Gasteiger partial charge in [0.15, 0.2) is 5.96 Å². The molecule has 9 heteroatoms. The number of rotatable bonds is 8. The number of nitrogens with one attached hydrogen (secondary N) is 3. The number of hydrogen-bond acceptors (Lipinski definition) is 5. The number of likely N-dealkylation sites (N-methyl/N-ethyl adjacent to an activating group) is 1. The van der Waals surface area contributed by atoms with Crippen LogP contribution in [-0.4, -0.2) is 56.0 Å². The normalized spacial score (nSPS) is 11.2. The maximum Gasteiger partial charge on any atom is 0.251 e. The molecular formula is C20H31IN6OS. The second-order valence-corrected chi connectivity index (χ2v) is 8.07. The molecular weight excluding hydrogens is 499 g/mol. The van der Waals surface area contributed by atoms with E-state index in [1.807, 2.05) is 57.1 Å². The molecule has 0 atom stereocenters. The summed E-state index contributed by atoms with van der Waals surface area (Å²) >= 11 is 1.69. The molecule has 2 rings (SSSR count). The molecule has 0 saturated heterocycles. The zero-order valence-corrected chi connectivity index (χ0v) is 20.9. The number of halogens is 1. The highest BCUT2D eigenvalue weighted by atomic mass is 127. The van der Waals surface area contributed by atoms with Crippen LogP contribution in [0.1, 0.15) is 31.5 Å². The molecule has 0 aliphatic rings. The Morgan fingerprint density at radius 2 is 1.90 bits per heavy atom. The number of guanidine groups is 1. The minimum absolute atomic E-state index is 0. The fourth-order valence-corrected chi connectivity index (χ4v) is 3.50. The number of benzene rings is 1. The monoisotopic (exact) mass is 530 g/mol. The molecule has 0 saturated carbocycles. The maximum absolute atomic E-state index is 12.3. The van der Waals surface area contributed by atoms with Crippen LogP contribution in [0.15, 0.2) is 29.3 Å². The summed E-state index contributed by atoms with van der Waals surface area (Å²) < 4.78 is 0. The van der Waals surface area contributed by atoms with Gasteiger partial charge in [-0.1, -0.05) is 12.1 Å². The lowest BCUT2D eigenvalue weighted by molar-refractivity contribution is 0.0951. The van der Waals surface area contributed by atoms with Crippen LogP contribution in [0.4, 0.5) is 0 Å². The van der Waals surface area contributed by atoms with Gasteiger partial charge in [0.25, 0.3) is 5.91 Å². The molecule has 1 aromatic heterocycles. The van der Waals surface area contributed by atoms with Crippen molar-refractivity contribution < 1.29 is 4.79 Å². The molecule has 0 bridgehead atoms. The van der Waals surface area contributed by atoms with Crippen molar-refractivity contribution in [3.05, 3.63) is 51.0 Å². The molecule has 2 aromatic rings. The van der Waals surface area contributed by atoms with Crippen LogP contribution >= 0.6 is 35.3 Å². The van der Waals surface area contributed by atoms with Gasteiger partial charge in [0.1, 0.15) is 0 Å². The number of aromatic nitrogens is 1. The Hall–Kier alpha value is -1.72. The van der Waals surface area contributed by atoms with Crippen molar-refractivity contribution in [2.75, 3.05) is 34.2 Å². The molecule has 29 heavy (non-hydrogen) atoms. The lowest BCUT2D eigenvalue weighted by atomic mass is 10.1. The predicted molar refractivity (Wildman–Crippen MR) is 131 cm³/mol. The SMILES string of the molecule is CN=C(NCc1cccc(C(=O)NCCN(C)C)c1)NCc1sc(C)nc1C.I. The van der Waals surface area contributed by atoms with Gasteiger partial charge in [0.2, 0.25) is 0 Å². The van der Waals surface area contributed by atoms with Crippen molar-refractivity contribution in [2.45, 2.75) is 26.9 Å². The van der Waals surface area contributed by atoms with Crippen molar-refractivity contribution in [3.63, 3.8) is 0 Å². The Kier molecular flexibility index (Phi) is 11.1. The Bertz CT molecular complexity index is 821.